The van der Waals surface area contributed by atoms with Crippen LogP contribution in [0.5, 0.6) is 0 Å². The Morgan fingerprint density at radius 2 is 1.43 bits per heavy atom. The lowest BCUT2D eigenvalue weighted by atomic mass is 10.1. The highest BCUT2D eigenvalue weighted by molar-refractivity contribution is 5.86. The largest absolute Gasteiger partial charge is 0.478 e. The van der Waals surface area contributed by atoms with Gasteiger partial charge in [-0.15, -0.1) is 0 Å². The maximum Gasteiger partial charge on any atom is 0.331 e. The summed E-state index contributed by atoms with van der Waals surface area (Å²) >= 11 is 0. The molecular formula is C20H23NO2. The van der Waals surface area contributed by atoms with Crippen LogP contribution < -0.4 is 0 Å². The summed E-state index contributed by atoms with van der Waals surface area (Å²) in [6.45, 7) is 4.09. The fourth-order valence-corrected chi connectivity index (χ4v) is 2.49. The van der Waals surface area contributed by atoms with Crippen molar-refractivity contribution in [1.29, 1.82) is 0 Å². The molecule has 23 heavy (non-hydrogen) atoms. The number of nitrogens with zero attached hydrogens (tertiary/aromatic N) is 1. The zero-order chi connectivity index (χ0) is 16.5. The maximum absolute atomic E-state index is 11.2. The summed E-state index contributed by atoms with van der Waals surface area (Å²) in [7, 11) is 0. The smallest absolute Gasteiger partial charge is 0.331 e. The molecule has 2 aromatic rings. The Hall–Kier alpha value is -2.39. The third-order valence-electron chi connectivity index (χ3n) is 3.75. The molecule has 3 nitrogen and oxygen atoms in total. The third kappa shape index (κ3) is 5.72. The van der Waals surface area contributed by atoms with Crippen LogP contribution in [0.4, 0.5) is 0 Å². The first-order valence-electron chi connectivity index (χ1n) is 7.91. The van der Waals surface area contributed by atoms with Crippen LogP contribution in [0.1, 0.15) is 24.5 Å². The molecule has 0 saturated heterocycles. The van der Waals surface area contributed by atoms with Crippen LogP contribution in [-0.2, 0) is 17.9 Å². The Bertz CT molecular complexity index is 594. The highest BCUT2D eigenvalue weighted by Gasteiger charge is 2.09. The molecule has 0 spiro atoms. The second kappa shape index (κ2) is 8.91. The number of carboxylic acid groups (broad SMARTS) is 1. The van der Waals surface area contributed by atoms with E-state index in [-0.39, 0.29) is 0 Å². The Morgan fingerprint density at radius 3 is 1.83 bits per heavy atom. The molecule has 0 aliphatic heterocycles. The lowest BCUT2D eigenvalue weighted by molar-refractivity contribution is -0.132. The normalized spacial score (nSPS) is 11.7. The molecule has 0 aliphatic rings. The Morgan fingerprint density at radius 1 is 0.957 bits per heavy atom. The number of hydrogen-bond donors (Lipinski definition) is 1. The number of hydrogen-bond acceptors (Lipinski definition) is 2. The van der Waals surface area contributed by atoms with Gasteiger partial charge >= 0.3 is 5.97 Å². The zero-order valence-electron chi connectivity index (χ0n) is 13.5. The van der Waals surface area contributed by atoms with Gasteiger partial charge in [-0.05, 0) is 17.5 Å². The maximum atomic E-state index is 11.2. The van der Waals surface area contributed by atoms with Gasteiger partial charge in [0.25, 0.3) is 0 Å². The molecule has 0 aromatic heterocycles. The molecule has 0 heterocycles. The first kappa shape index (κ1) is 17.0. The van der Waals surface area contributed by atoms with E-state index < -0.39 is 5.97 Å². The Balaban J connectivity index is 2.12. The fourth-order valence-electron chi connectivity index (χ4n) is 2.49. The summed E-state index contributed by atoms with van der Waals surface area (Å²) in [5.74, 6) is -0.827. The van der Waals surface area contributed by atoms with Gasteiger partial charge in [0.2, 0.25) is 0 Å². The fraction of sp³-hybridized carbons (Fsp3) is 0.250. The van der Waals surface area contributed by atoms with Gasteiger partial charge in [-0.1, -0.05) is 73.7 Å². The highest BCUT2D eigenvalue weighted by Crippen LogP contribution is 2.11. The molecule has 0 saturated carbocycles. The Labute approximate surface area is 137 Å². The predicted molar refractivity (Wildman–Crippen MR) is 93.0 cm³/mol. The van der Waals surface area contributed by atoms with E-state index in [0.717, 1.165) is 13.1 Å². The number of carboxylic acids is 1. The van der Waals surface area contributed by atoms with E-state index >= 15 is 0 Å². The number of carbonyl (C=O) groups is 1. The van der Waals surface area contributed by atoms with Crippen molar-refractivity contribution < 1.29 is 9.90 Å². The predicted octanol–water partition coefficient (Wildman–Crippen LogP) is 4.11. The van der Waals surface area contributed by atoms with E-state index in [1.54, 1.807) is 0 Å². The molecule has 0 aliphatic carbocycles. The van der Waals surface area contributed by atoms with Gasteiger partial charge in [0.1, 0.15) is 0 Å². The van der Waals surface area contributed by atoms with Gasteiger partial charge in [0.15, 0.2) is 0 Å². The van der Waals surface area contributed by atoms with Crippen LogP contribution in [0.2, 0.25) is 0 Å². The van der Waals surface area contributed by atoms with Gasteiger partial charge in [0, 0.05) is 25.2 Å². The lowest BCUT2D eigenvalue weighted by Crippen LogP contribution is -2.23. The lowest BCUT2D eigenvalue weighted by Gasteiger charge is -2.21. The van der Waals surface area contributed by atoms with Crippen molar-refractivity contribution in [2.45, 2.75) is 26.4 Å². The van der Waals surface area contributed by atoms with E-state index in [1.165, 1.54) is 11.1 Å². The second-order valence-electron chi connectivity index (χ2n) is 5.53. The Kier molecular flexibility index (Phi) is 6.57. The first-order chi connectivity index (χ1) is 11.2. The van der Waals surface area contributed by atoms with Crippen molar-refractivity contribution in [3.8, 4) is 0 Å². The van der Waals surface area contributed by atoms with Crippen LogP contribution in [0.25, 0.3) is 0 Å². The molecule has 2 aromatic carbocycles. The van der Waals surface area contributed by atoms with E-state index in [9.17, 15) is 9.90 Å². The summed E-state index contributed by atoms with van der Waals surface area (Å²) in [4.78, 5) is 13.4. The first-order valence-corrected chi connectivity index (χ1v) is 7.91. The molecule has 3 heteroatoms. The summed E-state index contributed by atoms with van der Waals surface area (Å²) in [5.41, 5.74) is 2.92. The molecule has 0 atom stereocenters. The van der Waals surface area contributed by atoms with Gasteiger partial charge in [-0.25, -0.2) is 4.79 Å². The van der Waals surface area contributed by atoms with E-state index in [2.05, 4.69) is 29.2 Å². The van der Waals surface area contributed by atoms with Gasteiger partial charge in [0.05, 0.1) is 0 Å². The standard InChI is InChI=1S/C20H23NO2/c1-2-19(20(22)23)13-14-21(15-17-9-5-3-6-10-17)16-18-11-7-4-8-12-18/h3-13H,2,14-16H2,1H3,(H,22,23)/b19-13-. The molecule has 0 unspecified atom stereocenters. The molecule has 1 N–H and O–H groups in total. The minimum atomic E-state index is -0.827. The minimum absolute atomic E-state index is 0.469. The van der Waals surface area contributed by atoms with E-state index in [0.29, 0.717) is 18.5 Å². The number of aliphatic carboxylic acids is 1. The van der Waals surface area contributed by atoms with Crippen molar-refractivity contribution >= 4 is 5.97 Å². The van der Waals surface area contributed by atoms with Gasteiger partial charge in [-0.3, -0.25) is 4.90 Å². The average Bonchev–Trinajstić information content (AvgIpc) is 2.57. The number of benzene rings is 2. The van der Waals surface area contributed by atoms with Crippen LogP contribution in [0.3, 0.4) is 0 Å². The highest BCUT2D eigenvalue weighted by atomic mass is 16.4. The van der Waals surface area contributed by atoms with Crippen LogP contribution in [0.15, 0.2) is 72.3 Å². The van der Waals surface area contributed by atoms with Crippen LogP contribution in [0, 0.1) is 0 Å². The summed E-state index contributed by atoms with van der Waals surface area (Å²) in [6, 6.07) is 20.5. The quantitative estimate of drug-likeness (QED) is 0.746. The van der Waals surface area contributed by atoms with Crippen LogP contribution in [-0.4, -0.2) is 22.5 Å². The minimum Gasteiger partial charge on any atom is -0.478 e. The summed E-state index contributed by atoms with van der Waals surface area (Å²) in [6.07, 6.45) is 2.37. The summed E-state index contributed by atoms with van der Waals surface area (Å²) < 4.78 is 0. The van der Waals surface area contributed by atoms with Crippen LogP contribution >= 0.6 is 0 Å². The van der Waals surface area contributed by atoms with Gasteiger partial charge < -0.3 is 5.11 Å². The monoisotopic (exact) mass is 309 g/mol. The molecule has 2 rings (SSSR count). The van der Waals surface area contributed by atoms with Crippen molar-refractivity contribution in [2.75, 3.05) is 6.54 Å². The second-order valence-corrected chi connectivity index (χ2v) is 5.53. The average molecular weight is 309 g/mol. The molecule has 0 amide bonds. The van der Waals surface area contributed by atoms with E-state index in [4.69, 9.17) is 0 Å². The third-order valence-corrected chi connectivity index (χ3v) is 3.75. The molecular weight excluding hydrogens is 286 g/mol. The van der Waals surface area contributed by atoms with Crippen molar-refractivity contribution in [2.24, 2.45) is 0 Å². The molecule has 0 bridgehead atoms. The SMILES string of the molecule is CC/C(=C/CN(Cc1ccccc1)Cc1ccccc1)C(=O)O. The van der Waals surface area contributed by atoms with E-state index in [1.807, 2.05) is 49.4 Å². The van der Waals surface area contributed by atoms with Crippen molar-refractivity contribution in [1.82, 2.24) is 4.90 Å². The molecule has 0 radical (unpaired) electrons. The summed E-state index contributed by atoms with van der Waals surface area (Å²) in [5, 5.41) is 9.18. The van der Waals surface area contributed by atoms with Gasteiger partial charge in [-0.2, -0.15) is 0 Å². The number of rotatable bonds is 8. The topological polar surface area (TPSA) is 40.5 Å². The molecule has 0 fully saturated rings. The zero-order valence-corrected chi connectivity index (χ0v) is 13.5. The van der Waals surface area contributed by atoms with Crippen molar-refractivity contribution in [3.63, 3.8) is 0 Å². The molecule has 120 valence electrons. The van der Waals surface area contributed by atoms with Crippen molar-refractivity contribution in [3.05, 3.63) is 83.4 Å².